The Labute approximate surface area is 125 Å². The van der Waals surface area contributed by atoms with E-state index in [9.17, 15) is 4.79 Å². The topological polar surface area (TPSA) is 64.0 Å². The number of hydrogen-bond donors (Lipinski definition) is 2. The Bertz CT molecular complexity index is 435. The Balaban J connectivity index is 1.95. The highest BCUT2D eigenvalue weighted by Gasteiger charge is 2.19. The van der Waals surface area contributed by atoms with Gasteiger partial charge in [0.15, 0.2) is 0 Å². The lowest BCUT2D eigenvalue weighted by Crippen LogP contribution is -2.29. The molecule has 0 spiro atoms. The molecule has 2 rings (SSSR count). The number of benzene rings is 1. The monoisotopic (exact) mass is 292 g/mol. The van der Waals surface area contributed by atoms with Gasteiger partial charge < -0.3 is 15.1 Å². The second-order valence-corrected chi connectivity index (χ2v) is 5.42. The molecule has 21 heavy (non-hydrogen) atoms. The predicted octanol–water partition coefficient (Wildman–Crippen LogP) is 0.709. The Morgan fingerprint density at radius 1 is 1.05 bits per heavy atom. The minimum Gasteiger partial charge on any atom is -0.395 e. The molecule has 5 nitrogen and oxygen atoms in total. The molecule has 1 amide bonds. The van der Waals surface area contributed by atoms with Gasteiger partial charge in [-0.05, 0) is 30.5 Å². The largest absolute Gasteiger partial charge is 0.395 e. The summed E-state index contributed by atoms with van der Waals surface area (Å²) in [6.45, 7) is 3.61. The van der Waals surface area contributed by atoms with E-state index in [0.29, 0.717) is 19.6 Å². The van der Waals surface area contributed by atoms with Crippen LogP contribution in [-0.2, 0) is 6.54 Å². The van der Waals surface area contributed by atoms with Crippen molar-refractivity contribution in [3.63, 3.8) is 0 Å². The van der Waals surface area contributed by atoms with Crippen molar-refractivity contribution in [1.29, 1.82) is 0 Å². The molecule has 0 atom stereocenters. The summed E-state index contributed by atoms with van der Waals surface area (Å²) < 4.78 is 0. The average molecular weight is 292 g/mol. The maximum Gasteiger partial charge on any atom is 0.253 e. The Hall–Kier alpha value is -1.43. The molecule has 0 saturated carbocycles. The zero-order valence-corrected chi connectivity index (χ0v) is 12.4. The number of rotatable bonds is 7. The lowest BCUT2D eigenvalue weighted by Gasteiger charge is -2.20. The van der Waals surface area contributed by atoms with E-state index in [4.69, 9.17) is 10.2 Å². The third-order valence-corrected chi connectivity index (χ3v) is 3.83. The van der Waals surface area contributed by atoms with Crippen molar-refractivity contribution in [1.82, 2.24) is 9.80 Å². The molecular weight excluding hydrogens is 268 g/mol. The maximum absolute atomic E-state index is 12.2. The number of amides is 1. The molecule has 0 unspecified atom stereocenters. The fourth-order valence-corrected chi connectivity index (χ4v) is 2.67. The minimum absolute atomic E-state index is 0.0749. The van der Waals surface area contributed by atoms with Crippen LogP contribution in [-0.4, -0.2) is 65.3 Å². The first kappa shape index (κ1) is 15.9. The van der Waals surface area contributed by atoms with Gasteiger partial charge in [0.25, 0.3) is 5.91 Å². The Morgan fingerprint density at radius 2 is 1.62 bits per heavy atom. The second-order valence-electron chi connectivity index (χ2n) is 5.42. The van der Waals surface area contributed by atoms with Crippen molar-refractivity contribution in [2.75, 3.05) is 39.4 Å². The van der Waals surface area contributed by atoms with Gasteiger partial charge in [-0.1, -0.05) is 12.1 Å². The quantitative estimate of drug-likeness (QED) is 0.777. The van der Waals surface area contributed by atoms with Crippen LogP contribution in [0.2, 0.25) is 0 Å². The summed E-state index contributed by atoms with van der Waals surface area (Å²) in [5.41, 5.74) is 1.81. The van der Waals surface area contributed by atoms with Crippen molar-refractivity contribution < 1.29 is 15.0 Å². The number of aliphatic hydroxyl groups excluding tert-OH is 2. The Morgan fingerprint density at radius 3 is 2.14 bits per heavy atom. The van der Waals surface area contributed by atoms with E-state index in [-0.39, 0.29) is 19.1 Å². The molecule has 1 aromatic carbocycles. The molecule has 2 N–H and O–H groups in total. The van der Waals surface area contributed by atoms with Gasteiger partial charge in [0.1, 0.15) is 0 Å². The minimum atomic E-state index is 0.0749. The number of hydrogen-bond acceptors (Lipinski definition) is 4. The van der Waals surface area contributed by atoms with Crippen molar-refractivity contribution in [3.05, 3.63) is 35.4 Å². The molecule has 1 saturated heterocycles. The lowest BCUT2D eigenvalue weighted by atomic mass is 10.1. The molecule has 5 heteroatoms. The first-order chi connectivity index (χ1) is 10.2. The van der Waals surface area contributed by atoms with Crippen LogP contribution in [0.5, 0.6) is 0 Å². The van der Waals surface area contributed by atoms with Crippen LogP contribution >= 0.6 is 0 Å². The zero-order chi connectivity index (χ0) is 15.1. The van der Waals surface area contributed by atoms with Crippen LogP contribution in [0.25, 0.3) is 0 Å². The van der Waals surface area contributed by atoms with Crippen LogP contribution in [0, 0.1) is 0 Å². The molecule has 0 aliphatic carbocycles. The van der Waals surface area contributed by atoms with Crippen LogP contribution < -0.4 is 0 Å². The van der Waals surface area contributed by atoms with Gasteiger partial charge in [-0.25, -0.2) is 0 Å². The van der Waals surface area contributed by atoms with Gasteiger partial charge in [-0.15, -0.1) is 0 Å². The SMILES string of the molecule is O=C(c1ccc(CN(CCO)CCO)cc1)N1CCCC1. The second kappa shape index (κ2) is 8.12. The maximum atomic E-state index is 12.2. The number of carbonyl (C=O) groups is 1. The highest BCUT2D eigenvalue weighted by molar-refractivity contribution is 5.94. The van der Waals surface area contributed by atoms with Crippen LogP contribution in [0.4, 0.5) is 0 Å². The highest BCUT2D eigenvalue weighted by Crippen LogP contribution is 2.14. The molecule has 1 aliphatic rings. The van der Waals surface area contributed by atoms with Crippen molar-refractivity contribution in [2.24, 2.45) is 0 Å². The van der Waals surface area contributed by atoms with Gasteiger partial charge >= 0.3 is 0 Å². The summed E-state index contributed by atoms with van der Waals surface area (Å²) in [6, 6.07) is 7.63. The van der Waals surface area contributed by atoms with E-state index in [2.05, 4.69) is 0 Å². The van der Waals surface area contributed by atoms with E-state index >= 15 is 0 Å². The predicted molar refractivity (Wildman–Crippen MR) is 81.0 cm³/mol. The zero-order valence-electron chi connectivity index (χ0n) is 12.4. The van der Waals surface area contributed by atoms with Gasteiger partial charge in [0.2, 0.25) is 0 Å². The molecule has 116 valence electrons. The van der Waals surface area contributed by atoms with Gasteiger partial charge in [0, 0.05) is 38.3 Å². The fraction of sp³-hybridized carbons (Fsp3) is 0.562. The summed E-state index contributed by atoms with van der Waals surface area (Å²) in [5, 5.41) is 18.0. The smallest absolute Gasteiger partial charge is 0.253 e. The molecule has 1 aliphatic heterocycles. The number of likely N-dealkylation sites (tertiary alicyclic amines) is 1. The summed E-state index contributed by atoms with van der Waals surface area (Å²) in [6.07, 6.45) is 2.20. The molecule has 1 heterocycles. The molecule has 0 aromatic heterocycles. The lowest BCUT2D eigenvalue weighted by molar-refractivity contribution is 0.0793. The summed E-state index contributed by atoms with van der Waals surface area (Å²) in [4.78, 5) is 16.1. The van der Waals surface area contributed by atoms with Gasteiger partial charge in [-0.2, -0.15) is 0 Å². The van der Waals surface area contributed by atoms with E-state index in [0.717, 1.165) is 37.1 Å². The standard InChI is InChI=1S/C16H24N2O3/c19-11-9-17(10-12-20)13-14-3-5-15(6-4-14)16(21)18-7-1-2-8-18/h3-6,19-20H,1-2,7-13H2. The van der Waals surface area contributed by atoms with Crippen LogP contribution in [0.3, 0.4) is 0 Å². The molecule has 1 aromatic rings. The number of carbonyl (C=O) groups excluding carboxylic acids is 1. The van der Waals surface area contributed by atoms with Crippen molar-refractivity contribution >= 4 is 5.91 Å². The average Bonchev–Trinajstić information content (AvgIpc) is 3.02. The summed E-state index contributed by atoms with van der Waals surface area (Å²) in [7, 11) is 0. The first-order valence-corrected chi connectivity index (χ1v) is 7.57. The third kappa shape index (κ3) is 4.52. The number of nitrogens with zero attached hydrogens (tertiary/aromatic N) is 2. The van der Waals surface area contributed by atoms with E-state index < -0.39 is 0 Å². The van der Waals surface area contributed by atoms with Crippen LogP contribution in [0.1, 0.15) is 28.8 Å². The summed E-state index contributed by atoms with van der Waals surface area (Å²) in [5.74, 6) is 0.113. The normalized spacial score (nSPS) is 14.9. The molecule has 0 radical (unpaired) electrons. The molecular formula is C16H24N2O3. The van der Waals surface area contributed by atoms with Gasteiger partial charge in [0.05, 0.1) is 13.2 Å². The highest BCUT2D eigenvalue weighted by atomic mass is 16.3. The van der Waals surface area contributed by atoms with E-state index in [1.807, 2.05) is 34.1 Å². The first-order valence-electron chi connectivity index (χ1n) is 7.57. The third-order valence-electron chi connectivity index (χ3n) is 3.83. The summed E-state index contributed by atoms with van der Waals surface area (Å²) >= 11 is 0. The molecule has 0 bridgehead atoms. The molecule has 1 fully saturated rings. The van der Waals surface area contributed by atoms with E-state index in [1.165, 1.54) is 0 Å². The van der Waals surface area contributed by atoms with Crippen molar-refractivity contribution in [2.45, 2.75) is 19.4 Å². The van der Waals surface area contributed by atoms with Crippen LogP contribution in [0.15, 0.2) is 24.3 Å². The number of aliphatic hydroxyl groups is 2. The fourth-order valence-electron chi connectivity index (χ4n) is 2.67. The van der Waals surface area contributed by atoms with Crippen molar-refractivity contribution in [3.8, 4) is 0 Å². The van der Waals surface area contributed by atoms with Gasteiger partial charge in [-0.3, -0.25) is 9.69 Å². The Kier molecular flexibility index (Phi) is 6.17. The van der Waals surface area contributed by atoms with E-state index in [1.54, 1.807) is 0 Å².